The summed E-state index contributed by atoms with van der Waals surface area (Å²) in [5.74, 6) is 0.340. The van der Waals surface area contributed by atoms with Crippen molar-refractivity contribution in [3.05, 3.63) is 77.4 Å². The third kappa shape index (κ3) is 3.78. The van der Waals surface area contributed by atoms with Gasteiger partial charge in [-0.3, -0.25) is 4.79 Å². The highest BCUT2D eigenvalue weighted by molar-refractivity contribution is 5.76. The zero-order chi connectivity index (χ0) is 18.8. The number of anilines is 1. The maximum absolute atomic E-state index is 12.9. The minimum Gasteiger partial charge on any atom is -0.465 e. The molecule has 1 fully saturated rings. The average molecular weight is 361 g/mol. The SMILES string of the molecule is Cc1ccc(NC(c2ccc(C)cc2)[C@@H]2C(=O)OC[C@@H]3CCC=C[C@@H]32)cc1. The Hall–Kier alpha value is -2.55. The molecule has 2 aliphatic rings. The van der Waals surface area contributed by atoms with Gasteiger partial charge in [0.2, 0.25) is 0 Å². The monoisotopic (exact) mass is 361 g/mol. The van der Waals surface area contributed by atoms with Gasteiger partial charge in [-0.1, -0.05) is 59.7 Å². The van der Waals surface area contributed by atoms with Crippen LogP contribution >= 0.6 is 0 Å². The molecule has 27 heavy (non-hydrogen) atoms. The number of benzene rings is 2. The van der Waals surface area contributed by atoms with Gasteiger partial charge in [0, 0.05) is 11.6 Å². The number of rotatable bonds is 4. The van der Waals surface area contributed by atoms with Crippen LogP contribution < -0.4 is 5.32 Å². The largest absolute Gasteiger partial charge is 0.465 e. The zero-order valence-corrected chi connectivity index (χ0v) is 16.0. The third-order valence-electron chi connectivity index (χ3n) is 5.90. The van der Waals surface area contributed by atoms with E-state index >= 15 is 0 Å². The summed E-state index contributed by atoms with van der Waals surface area (Å²) in [6.07, 6.45) is 6.64. The minimum absolute atomic E-state index is 0.0898. The molecule has 1 saturated heterocycles. The first kappa shape index (κ1) is 17.8. The van der Waals surface area contributed by atoms with Crippen LogP contribution in [0.5, 0.6) is 0 Å². The van der Waals surface area contributed by atoms with E-state index in [1.807, 2.05) is 0 Å². The van der Waals surface area contributed by atoms with Gasteiger partial charge >= 0.3 is 5.97 Å². The second-order valence-electron chi connectivity index (χ2n) is 7.90. The highest BCUT2D eigenvalue weighted by atomic mass is 16.5. The van der Waals surface area contributed by atoms with Crippen LogP contribution in [0.1, 0.15) is 35.6 Å². The molecular weight excluding hydrogens is 334 g/mol. The summed E-state index contributed by atoms with van der Waals surface area (Å²) in [5.41, 5.74) is 4.60. The van der Waals surface area contributed by atoms with Gasteiger partial charge in [0.15, 0.2) is 0 Å². The number of cyclic esters (lactones) is 1. The van der Waals surface area contributed by atoms with Crippen molar-refractivity contribution in [2.75, 3.05) is 11.9 Å². The van der Waals surface area contributed by atoms with Crippen molar-refractivity contribution in [3.63, 3.8) is 0 Å². The standard InChI is InChI=1S/C24H27NO2/c1-16-7-11-18(12-8-16)23(25-20-13-9-17(2)10-14-20)22-21-6-4-3-5-19(21)15-27-24(22)26/h4,6-14,19,21-23,25H,3,5,15H2,1-2H3/t19-,21-,22+,23?/m0/s1. The molecule has 4 atom stereocenters. The van der Waals surface area contributed by atoms with Crippen LogP contribution in [0, 0.1) is 31.6 Å². The van der Waals surface area contributed by atoms with E-state index in [1.54, 1.807) is 0 Å². The van der Waals surface area contributed by atoms with E-state index < -0.39 is 0 Å². The molecule has 4 rings (SSSR count). The van der Waals surface area contributed by atoms with Gasteiger partial charge in [0.25, 0.3) is 0 Å². The Kier molecular flexibility index (Phi) is 5.02. The van der Waals surface area contributed by atoms with Crippen LogP contribution in [0.2, 0.25) is 0 Å². The van der Waals surface area contributed by atoms with Gasteiger partial charge in [-0.05, 0) is 50.3 Å². The molecule has 3 nitrogen and oxygen atoms in total. The number of nitrogens with one attached hydrogen (secondary N) is 1. The Labute approximate surface area is 161 Å². The number of allylic oxidation sites excluding steroid dienone is 2. The number of carbonyl (C=O) groups is 1. The molecule has 1 unspecified atom stereocenters. The number of hydrogen-bond acceptors (Lipinski definition) is 3. The number of ether oxygens (including phenoxy) is 1. The van der Waals surface area contributed by atoms with Crippen LogP contribution in [0.4, 0.5) is 5.69 Å². The fraction of sp³-hybridized carbons (Fsp3) is 0.375. The maximum Gasteiger partial charge on any atom is 0.312 e. The van der Waals surface area contributed by atoms with Gasteiger partial charge < -0.3 is 10.1 Å². The second-order valence-corrected chi connectivity index (χ2v) is 7.90. The fourth-order valence-electron chi connectivity index (χ4n) is 4.31. The van der Waals surface area contributed by atoms with E-state index in [2.05, 4.69) is 79.8 Å². The average Bonchev–Trinajstić information content (AvgIpc) is 2.69. The first-order valence-corrected chi connectivity index (χ1v) is 9.85. The summed E-state index contributed by atoms with van der Waals surface area (Å²) in [6.45, 7) is 4.72. The van der Waals surface area contributed by atoms with Crippen molar-refractivity contribution in [1.82, 2.24) is 0 Å². The lowest BCUT2D eigenvalue weighted by molar-refractivity contribution is -0.161. The molecule has 2 aromatic carbocycles. The number of aryl methyl sites for hydroxylation is 2. The van der Waals surface area contributed by atoms with Crippen molar-refractivity contribution in [3.8, 4) is 0 Å². The molecule has 1 aliphatic heterocycles. The fourth-order valence-corrected chi connectivity index (χ4v) is 4.31. The van der Waals surface area contributed by atoms with Crippen LogP contribution in [0.3, 0.4) is 0 Å². The van der Waals surface area contributed by atoms with E-state index in [1.165, 1.54) is 11.1 Å². The van der Waals surface area contributed by atoms with Crippen LogP contribution in [-0.4, -0.2) is 12.6 Å². The summed E-state index contributed by atoms with van der Waals surface area (Å²) in [7, 11) is 0. The summed E-state index contributed by atoms with van der Waals surface area (Å²) < 4.78 is 5.63. The van der Waals surface area contributed by atoms with Crippen molar-refractivity contribution in [2.45, 2.75) is 32.7 Å². The second kappa shape index (κ2) is 7.59. The van der Waals surface area contributed by atoms with Crippen molar-refractivity contribution >= 4 is 11.7 Å². The molecule has 0 saturated carbocycles. The zero-order valence-electron chi connectivity index (χ0n) is 16.0. The van der Waals surface area contributed by atoms with Gasteiger partial charge in [-0.2, -0.15) is 0 Å². The smallest absolute Gasteiger partial charge is 0.312 e. The maximum atomic E-state index is 12.9. The highest BCUT2D eigenvalue weighted by Gasteiger charge is 2.44. The molecular formula is C24H27NO2. The van der Waals surface area contributed by atoms with Gasteiger partial charge in [-0.15, -0.1) is 0 Å². The number of esters is 1. The van der Waals surface area contributed by atoms with Crippen LogP contribution in [0.15, 0.2) is 60.7 Å². The number of fused-ring (bicyclic) bond motifs is 1. The van der Waals surface area contributed by atoms with E-state index in [4.69, 9.17) is 4.74 Å². The summed E-state index contributed by atoms with van der Waals surface area (Å²) in [4.78, 5) is 12.9. The molecule has 0 amide bonds. The molecule has 1 heterocycles. The number of hydrogen-bond donors (Lipinski definition) is 1. The lowest BCUT2D eigenvalue weighted by Gasteiger charge is -2.41. The summed E-state index contributed by atoms with van der Waals surface area (Å²) in [6, 6.07) is 16.7. The van der Waals surface area contributed by atoms with Gasteiger partial charge in [0.05, 0.1) is 18.6 Å². The molecule has 2 aromatic rings. The molecule has 1 aliphatic carbocycles. The van der Waals surface area contributed by atoms with E-state index in [-0.39, 0.29) is 23.8 Å². The minimum atomic E-state index is -0.218. The lowest BCUT2D eigenvalue weighted by Crippen LogP contribution is -2.44. The summed E-state index contributed by atoms with van der Waals surface area (Å²) in [5, 5.41) is 3.64. The molecule has 140 valence electrons. The Morgan fingerprint density at radius 3 is 2.37 bits per heavy atom. The van der Waals surface area contributed by atoms with Gasteiger partial charge in [-0.25, -0.2) is 0 Å². The van der Waals surface area contributed by atoms with Crippen molar-refractivity contribution in [1.29, 1.82) is 0 Å². The van der Waals surface area contributed by atoms with Gasteiger partial charge in [0.1, 0.15) is 0 Å². The van der Waals surface area contributed by atoms with E-state index in [9.17, 15) is 4.79 Å². The predicted octanol–water partition coefficient (Wildman–Crippen LogP) is 5.21. The lowest BCUT2D eigenvalue weighted by atomic mass is 9.71. The number of carbonyl (C=O) groups excluding carboxylic acids is 1. The molecule has 0 aromatic heterocycles. The molecule has 0 radical (unpaired) electrons. The summed E-state index contributed by atoms with van der Waals surface area (Å²) >= 11 is 0. The van der Waals surface area contributed by atoms with Crippen molar-refractivity contribution in [2.24, 2.45) is 17.8 Å². The topological polar surface area (TPSA) is 38.3 Å². The van der Waals surface area contributed by atoms with Crippen molar-refractivity contribution < 1.29 is 9.53 Å². The first-order chi connectivity index (χ1) is 13.1. The van der Waals surface area contributed by atoms with Crippen LogP contribution in [0.25, 0.3) is 0 Å². The quantitative estimate of drug-likeness (QED) is 0.600. The molecule has 3 heteroatoms. The van der Waals surface area contributed by atoms with E-state index in [0.717, 1.165) is 24.1 Å². The Morgan fingerprint density at radius 1 is 1.00 bits per heavy atom. The Morgan fingerprint density at radius 2 is 1.67 bits per heavy atom. The Bertz CT molecular complexity index is 822. The Balaban J connectivity index is 1.72. The molecule has 0 spiro atoms. The predicted molar refractivity (Wildman–Crippen MR) is 109 cm³/mol. The highest BCUT2D eigenvalue weighted by Crippen LogP contribution is 2.42. The molecule has 0 bridgehead atoms. The normalized spacial score (nSPS) is 25.4. The third-order valence-corrected chi connectivity index (χ3v) is 5.90. The molecule has 1 N–H and O–H groups in total. The van der Waals surface area contributed by atoms with E-state index in [0.29, 0.717) is 12.5 Å². The van der Waals surface area contributed by atoms with Crippen LogP contribution in [-0.2, 0) is 9.53 Å². The first-order valence-electron chi connectivity index (χ1n) is 9.85.